The molecule has 158 valence electrons. The van der Waals surface area contributed by atoms with Gasteiger partial charge < -0.3 is 20.1 Å². The van der Waals surface area contributed by atoms with Crippen LogP contribution < -0.4 is 20.1 Å². The number of aliphatic imine (C=N–C) groups is 1. The number of hydrogen-bond acceptors (Lipinski definition) is 3. The van der Waals surface area contributed by atoms with Crippen molar-refractivity contribution in [2.24, 2.45) is 4.99 Å². The molecule has 0 unspecified atom stereocenters. The average Bonchev–Trinajstić information content (AvgIpc) is 3.51. The molecule has 0 heterocycles. The number of guanidine groups is 1. The topological polar surface area (TPSA) is 54.9 Å². The summed E-state index contributed by atoms with van der Waals surface area (Å²) in [6, 6.07) is 14.7. The first-order valence-corrected chi connectivity index (χ1v) is 9.83. The maximum Gasteiger partial charge on any atom is 0.191 e. The molecule has 1 saturated carbocycles. The van der Waals surface area contributed by atoms with Gasteiger partial charge in [-0.3, -0.25) is 4.99 Å². The van der Waals surface area contributed by atoms with Crippen molar-refractivity contribution in [3.8, 4) is 11.5 Å². The molecular weight excluding hydrogens is 477 g/mol. The molecule has 0 spiro atoms. The van der Waals surface area contributed by atoms with Gasteiger partial charge in [0.25, 0.3) is 0 Å². The predicted molar refractivity (Wildman–Crippen MR) is 130 cm³/mol. The fourth-order valence-corrected chi connectivity index (χ4v) is 3.70. The number of nitrogens with zero attached hydrogens (tertiary/aromatic N) is 1. The molecule has 2 N–H and O–H groups in total. The third kappa shape index (κ3) is 5.78. The van der Waals surface area contributed by atoms with Crippen molar-refractivity contribution in [3.05, 3.63) is 59.2 Å². The summed E-state index contributed by atoms with van der Waals surface area (Å²) < 4.78 is 10.7. The van der Waals surface area contributed by atoms with Crippen LogP contribution in [0.2, 0.25) is 0 Å². The molecule has 1 aliphatic rings. The Kier molecular flexibility index (Phi) is 8.61. The van der Waals surface area contributed by atoms with Gasteiger partial charge in [0.15, 0.2) is 17.5 Å². The smallest absolute Gasteiger partial charge is 0.191 e. The van der Waals surface area contributed by atoms with E-state index in [1.54, 1.807) is 14.2 Å². The number of ether oxygens (including phenoxy) is 2. The van der Waals surface area contributed by atoms with Crippen LogP contribution in [0.5, 0.6) is 11.5 Å². The number of halogens is 1. The Bertz CT molecular complexity index is 835. The van der Waals surface area contributed by atoms with Crippen LogP contribution in [0.3, 0.4) is 0 Å². The summed E-state index contributed by atoms with van der Waals surface area (Å²) in [6.45, 7) is 3.91. The van der Waals surface area contributed by atoms with Crippen molar-refractivity contribution in [3.63, 3.8) is 0 Å². The lowest BCUT2D eigenvalue weighted by atomic mass is 9.92. The van der Waals surface area contributed by atoms with Crippen LogP contribution in [-0.4, -0.2) is 40.3 Å². The largest absolute Gasteiger partial charge is 0.493 e. The van der Waals surface area contributed by atoms with Gasteiger partial charge in [0.05, 0.1) is 14.2 Å². The normalized spacial score (nSPS) is 14.6. The molecule has 1 fully saturated rings. The highest BCUT2D eigenvalue weighted by Gasteiger charge is 2.44. The molecule has 0 saturated heterocycles. The summed E-state index contributed by atoms with van der Waals surface area (Å²) in [5.41, 5.74) is 4.28. The van der Waals surface area contributed by atoms with Gasteiger partial charge in [0.2, 0.25) is 0 Å². The van der Waals surface area contributed by atoms with E-state index >= 15 is 0 Å². The molecule has 0 radical (unpaired) electrons. The number of benzene rings is 2. The second kappa shape index (κ2) is 10.7. The Morgan fingerprint density at radius 1 is 1.03 bits per heavy atom. The fourth-order valence-electron chi connectivity index (χ4n) is 3.70. The zero-order valence-electron chi connectivity index (χ0n) is 17.7. The van der Waals surface area contributed by atoms with Crippen LogP contribution in [0.1, 0.15) is 29.5 Å². The lowest BCUT2D eigenvalue weighted by Gasteiger charge is -2.21. The highest BCUT2D eigenvalue weighted by molar-refractivity contribution is 14.0. The third-order valence-electron chi connectivity index (χ3n) is 5.54. The first-order chi connectivity index (χ1) is 13.6. The second-order valence-electron chi connectivity index (χ2n) is 7.39. The summed E-state index contributed by atoms with van der Waals surface area (Å²) >= 11 is 0. The molecule has 0 amide bonds. The number of methoxy groups -OCH3 is 2. The van der Waals surface area contributed by atoms with Crippen LogP contribution in [-0.2, 0) is 11.8 Å². The molecule has 0 aromatic heterocycles. The van der Waals surface area contributed by atoms with Gasteiger partial charge in [-0.2, -0.15) is 0 Å². The lowest BCUT2D eigenvalue weighted by molar-refractivity contribution is 0.354. The minimum atomic E-state index is 0. The Morgan fingerprint density at radius 2 is 1.76 bits per heavy atom. The van der Waals surface area contributed by atoms with Crippen molar-refractivity contribution < 1.29 is 9.47 Å². The van der Waals surface area contributed by atoms with E-state index in [-0.39, 0.29) is 29.4 Å². The predicted octanol–water partition coefficient (Wildman–Crippen LogP) is 4.07. The van der Waals surface area contributed by atoms with Crippen molar-refractivity contribution in [2.75, 3.05) is 34.4 Å². The van der Waals surface area contributed by atoms with Gasteiger partial charge in [-0.15, -0.1) is 24.0 Å². The van der Waals surface area contributed by atoms with Crippen LogP contribution in [0.15, 0.2) is 47.5 Å². The highest BCUT2D eigenvalue weighted by atomic mass is 127. The zero-order chi connectivity index (χ0) is 20.0. The van der Waals surface area contributed by atoms with E-state index in [0.717, 1.165) is 37.0 Å². The fraction of sp³-hybridized carbons (Fsp3) is 0.435. The summed E-state index contributed by atoms with van der Waals surface area (Å²) in [5.74, 6) is 2.36. The molecule has 6 heteroatoms. The summed E-state index contributed by atoms with van der Waals surface area (Å²) in [5, 5.41) is 6.94. The van der Waals surface area contributed by atoms with E-state index in [4.69, 9.17) is 9.47 Å². The van der Waals surface area contributed by atoms with Crippen molar-refractivity contribution in [1.82, 2.24) is 10.6 Å². The van der Waals surface area contributed by atoms with Crippen molar-refractivity contribution in [2.45, 2.75) is 31.6 Å². The SMILES string of the molecule is CN=C(NCCc1ccc(OC)c(OC)c1)NCC1(c2ccccc2C)CC1.I. The number of nitrogens with one attached hydrogen (secondary N) is 2. The van der Waals surface area contributed by atoms with Crippen LogP contribution in [0.25, 0.3) is 0 Å². The standard InChI is InChI=1S/C23H31N3O2.HI/c1-17-7-5-6-8-19(17)23(12-13-23)16-26-22(24-2)25-14-11-18-9-10-20(27-3)21(15-18)28-4;/h5-10,15H,11-14,16H2,1-4H3,(H2,24,25,26);1H. The maximum absolute atomic E-state index is 5.38. The van der Waals surface area contributed by atoms with Gasteiger partial charge in [0, 0.05) is 25.6 Å². The summed E-state index contributed by atoms with van der Waals surface area (Å²) in [4.78, 5) is 4.38. The molecule has 1 aliphatic carbocycles. The number of hydrogen-bond donors (Lipinski definition) is 2. The van der Waals surface area contributed by atoms with E-state index in [9.17, 15) is 0 Å². The monoisotopic (exact) mass is 509 g/mol. The van der Waals surface area contributed by atoms with Crippen LogP contribution in [0.4, 0.5) is 0 Å². The lowest BCUT2D eigenvalue weighted by Crippen LogP contribution is -2.42. The van der Waals surface area contributed by atoms with Gasteiger partial charge in [-0.05, 0) is 55.0 Å². The molecule has 3 rings (SSSR count). The van der Waals surface area contributed by atoms with E-state index in [0.29, 0.717) is 0 Å². The zero-order valence-corrected chi connectivity index (χ0v) is 20.1. The van der Waals surface area contributed by atoms with E-state index < -0.39 is 0 Å². The third-order valence-corrected chi connectivity index (χ3v) is 5.54. The molecule has 2 aromatic rings. The molecule has 2 aromatic carbocycles. The minimum Gasteiger partial charge on any atom is -0.493 e. The summed E-state index contributed by atoms with van der Waals surface area (Å²) in [6.07, 6.45) is 3.34. The van der Waals surface area contributed by atoms with Crippen molar-refractivity contribution in [1.29, 1.82) is 0 Å². The Morgan fingerprint density at radius 3 is 2.38 bits per heavy atom. The quantitative estimate of drug-likeness (QED) is 0.320. The number of rotatable bonds is 8. The molecule has 0 atom stereocenters. The Balaban J connectivity index is 0.00000300. The van der Waals surface area contributed by atoms with Gasteiger partial charge in [-0.1, -0.05) is 30.3 Å². The van der Waals surface area contributed by atoms with Crippen LogP contribution in [0, 0.1) is 6.92 Å². The molecule has 29 heavy (non-hydrogen) atoms. The Hall–Kier alpha value is -1.96. The van der Waals surface area contributed by atoms with Gasteiger partial charge in [-0.25, -0.2) is 0 Å². The second-order valence-corrected chi connectivity index (χ2v) is 7.39. The molecule has 5 nitrogen and oxygen atoms in total. The molecule has 0 aliphatic heterocycles. The number of aryl methyl sites for hydroxylation is 1. The molecule has 0 bridgehead atoms. The first kappa shape index (κ1) is 23.3. The van der Waals surface area contributed by atoms with Gasteiger partial charge >= 0.3 is 0 Å². The molecular formula is C23H32IN3O2. The minimum absolute atomic E-state index is 0. The maximum atomic E-state index is 5.38. The van der Waals surface area contributed by atoms with Crippen LogP contribution >= 0.6 is 24.0 Å². The highest BCUT2D eigenvalue weighted by Crippen LogP contribution is 2.48. The van der Waals surface area contributed by atoms with E-state index in [2.05, 4.69) is 52.9 Å². The average molecular weight is 509 g/mol. The Labute approximate surface area is 191 Å². The van der Waals surface area contributed by atoms with Gasteiger partial charge in [0.1, 0.15) is 0 Å². The summed E-state index contributed by atoms with van der Waals surface area (Å²) in [7, 11) is 5.13. The van der Waals surface area contributed by atoms with E-state index in [1.165, 1.54) is 29.5 Å². The van der Waals surface area contributed by atoms with E-state index in [1.807, 2.05) is 19.2 Å². The van der Waals surface area contributed by atoms with Crippen molar-refractivity contribution >= 4 is 29.9 Å². The first-order valence-electron chi connectivity index (χ1n) is 9.83.